The lowest BCUT2D eigenvalue weighted by Crippen LogP contribution is -3.19. The van der Waals surface area contributed by atoms with E-state index < -0.39 is 10.0 Å². The first kappa shape index (κ1) is 20.0. The highest BCUT2D eigenvalue weighted by Gasteiger charge is 2.36. The summed E-state index contributed by atoms with van der Waals surface area (Å²) >= 11 is 1.24. The predicted octanol–water partition coefficient (Wildman–Crippen LogP) is 1.08. The summed E-state index contributed by atoms with van der Waals surface area (Å²) in [7, 11) is -3.41. The van der Waals surface area contributed by atoms with Gasteiger partial charge in [0.05, 0.1) is 26.2 Å². The van der Waals surface area contributed by atoms with E-state index in [1.165, 1.54) is 15.6 Å². The van der Waals surface area contributed by atoms with Gasteiger partial charge in [-0.15, -0.1) is 11.3 Å². The highest BCUT2D eigenvalue weighted by atomic mass is 32.2. The molecule has 0 saturated carbocycles. The molecule has 146 valence electrons. The van der Waals surface area contributed by atoms with Crippen LogP contribution in [0.2, 0.25) is 0 Å². The number of hydrogen-bond acceptors (Lipinski definition) is 4. The summed E-state index contributed by atoms with van der Waals surface area (Å²) < 4.78 is 27.2. The fourth-order valence-electron chi connectivity index (χ4n) is 3.47. The van der Waals surface area contributed by atoms with Gasteiger partial charge < -0.3 is 9.80 Å². The average Bonchev–Trinajstić information content (AvgIpc) is 3.24. The van der Waals surface area contributed by atoms with Crippen molar-refractivity contribution in [3.63, 3.8) is 0 Å². The Morgan fingerprint density at radius 1 is 1.19 bits per heavy atom. The number of thiophene rings is 1. The molecule has 2 heterocycles. The lowest BCUT2D eigenvalue weighted by atomic mass is 10.2. The molecule has 1 fully saturated rings. The summed E-state index contributed by atoms with van der Waals surface area (Å²) in [5.74, 6) is 0.0771. The monoisotopic (exact) mass is 408 g/mol. The number of carbonyl (C=O) groups excluding carboxylic acids is 1. The summed E-state index contributed by atoms with van der Waals surface area (Å²) in [4.78, 5) is 15.9. The molecular formula is C19H26N3O3S2+. The van der Waals surface area contributed by atoms with Gasteiger partial charge in [-0.25, -0.2) is 8.42 Å². The van der Waals surface area contributed by atoms with Crippen LogP contribution in [0.5, 0.6) is 0 Å². The van der Waals surface area contributed by atoms with E-state index in [0.717, 1.165) is 10.6 Å². The Hall–Kier alpha value is -1.74. The zero-order valence-electron chi connectivity index (χ0n) is 15.7. The Morgan fingerprint density at radius 2 is 1.85 bits per heavy atom. The smallest absolute Gasteiger partial charge is 0.284 e. The van der Waals surface area contributed by atoms with Crippen molar-refractivity contribution >= 4 is 33.0 Å². The first-order valence-corrected chi connectivity index (χ1v) is 11.5. The lowest BCUT2D eigenvalue weighted by Gasteiger charge is -2.35. The van der Waals surface area contributed by atoms with Crippen LogP contribution in [0.3, 0.4) is 0 Å². The summed E-state index contributed by atoms with van der Waals surface area (Å²) in [6.45, 7) is 6.65. The summed E-state index contributed by atoms with van der Waals surface area (Å²) in [6.07, 6.45) is 0. The van der Waals surface area contributed by atoms with E-state index in [4.69, 9.17) is 0 Å². The van der Waals surface area contributed by atoms with Crippen molar-refractivity contribution in [2.75, 3.05) is 37.6 Å². The lowest BCUT2D eigenvalue weighted by molar-refractivity contribution is -0.917. The Morgan fingerprint density at radius 3 is 2.41 bits per heavy atom. The molecule has 1 atom stereocenters. The Kier molecular flexibility index (Phi) is 6.31. The Balaban J connectivity index is 1.64. The molecule has 1 saturated heterocycles. The highest BCUT2D eigenvalue weighted by Crippen LogP contribution is 2.20. The third-order valence-electron chi connectivity index (χ3n) is 5.09. The number of hydrogen-bond donors (Lipinski definition) is 1. The molecule has 1 N–H and O–H groups in total. The largest absolute Gasteiger partial charge is 0.323 e. The molecule has 1 amide bonds. The number of benzene rings is 1. The minimum atomic E-state index is -3.41. The third-order valence-corrected chi connectivity index (χ3v) is 8.36. The van der Waals surface area contributed by atoms with Gasteiger partial charge in [-0.05, 0) is 37.4 Å². The van der Waals surface area contributed by atoms with E-state index >= 15 is 0 Å². The van der Waals surface area contributed by atoms with Crippen LogP contribution in [0.25, 0.3) is 0 Å². The van der Waals surface area contributed by atoms with Crippen molar-refractivity contribution in [2.24, 2.45) is 0 Å². The molecule has 3 rings (SSSR count). The van der Waals surface area contributed by atoms with Gasteiger partial charge in [-0.1, -0.05) is 24.3 Å². The SMILES string of the molecule is CCN(C(=O)[C@H](C)[NH+]1CCN(S(=O)(=O)c2cccs2)CC1)c1ccccc1. The molecule has 0 bridgehead atoms. The first-order valence-electron chi connectivity index (χ1n) is 9.19. The number of piperazine rings is 1. The number of quaternary nitrogens is 1. The minimum Gasteiger partial charge on any atom is -0.323 e. The number of rotatable bonds is 6. The molecule has 8 heteroatoms. The quantitative estimate of drug-likeness (QED) is 0.778. The molecule has 0 aliphatic carbocycles. The number of sulfonamides is 1. The van der Waals surface area contributed by atoms with Crippen LogP contribution in [0.15, 0.2) is 52.1 Å². The summed E-state index contributed by atoms with van der Waals surface area (Å²) in [6, 6.07) is 12.9. The molecule has 1 aromatic heterocycles. The maximum absolute atomic E-state index is 13.0. The van der Waals surface area contributed by atoms with Crippen LogP contribution in [-0.2, 0) is 14.8 Å². The topological polar surface area (TPSA) is 62.1 Å². The van der Waals surface area contributed by atoms with Gasteiger partial charge in [0, 0.05) is 12.2 Å². The minimum absolute atomic E-state index is 0.0771. The fourth-order valence-corrected chi connectivity index (χ4v) is 6.05. The predicted molar refractivity (Wildman–Crippen MR) is 108 cm³/mol. The highest BCUT2D eigenvalue weighted by molar-refractivity contribution is 7.91. The second-order valence-corrected chi connectivity index (χ2v) is 9.75. The number of nitrogens with zero attached hydrogens (tertiary/aromatic N) is 2. The zero-order chi connectivity index (χ0) is 19.4. The van der Waals surface area contributed by atoms with Crippen molar-refractivity contribution in [1.82, 2.24) is 4.31 Å². The van der Waals surface area contributed by atoms with E-state index in [9.17, 15) is 13.2 Å². The maximum Gasteiger partial charge on any atom is 0.284 e. The normalized spacial score (nSPS) is 17.6. The number of anilines is 1. The van der Waals surface area contributed by atoms with Crippen molar-refractivity contribution in [3.05, 3.63) is 47.8 Å². The molecule has 6 nitrogen and oxygen atoms in total. The molecule has 1 aliphatic rings. The first-order chi connectivity index (χ1) is 12.9. The molecular weight excluding hydrogens is 382 g/mol. The number of amides is 1. The molecule has 2 aromatic rings. The molecule has 0 radical (unpaired) electrons. The van der Waals surface area contributed by atoms with Gasteiger partial charge in [-0.2, -0.15) is 4.31 Å². The van der Waals surface area contributed by atoms with Crippen molar-refractivity contribution in [2.45, 2.75) is 24.1 Å². The van der Waals surface area contributed by atoms with Crippen LogP contribution < -0.4 is 9.80 Å². The standard InChI is InChI=1S/C19H25N3O3S2/c1-3-22(17-8-5-4-6-9-17)19(23)16(2)20-11-13-21(14-12-20)27(24,25)18-10-7-15-26-18/h4-10,15-16H,3,11-14H2,1-2H3/p+1/t16-/m0/s1. The van der Waals surface area contributed by atoms with Gasteiger partial charge in [0.1, 0.15) is 4.21 Å². The van der Waals surface area contributed by atoms with Crippen LogP contribution >= 0.6 is 11.3 Å². The molecule has 1 aromatic carbocycles. The second-order valence-electron chi connectivity index (χ2n) is 6.63. The van der Waals surface area contributed by atoms with Crippen LogP contribution in [0.1, 0.15) is 13.8 Å². The second kappa shape index (κ2) is 8.52. The van der Waals surface area contributed by atoms with Crippen molar-refractivity contribution in [1.29, 1.82) is 0 Å². The van der Waals surface area contributed by atoms with Crippen molar-refractivity contribution < 1.29 is 18.1 Å². The van der Waals surface area contributed by atoms with Crippen LogP contribution in [0.4, 0.5) is 5.69 Å². The number of carbonyl (C=O) groups is 1. The Labute approximate surface area is 165 Å². The number of nitrogens with one attached hydrogen (secondary N) is 1. The van der Waals surface area contributed by atoms with E-state index in [1.54, 1.807) is 22.4 Å². The van der Waals surface area contributed by atoms with Gasteiger partial charge in [0.15, 0.2) is 6.04 Å². The number of para-hydroxylation sites is 1. The zero-order valence-corrected chi connectivity index (χ0v) is 17.3. The van der Waals surface area contributed by atoms with E-state index in [-0.39, 0.29) is 11.9 Å². The van der Waals surface area contributed by atoms with Crippen molar-refractivity contribution in [3.8, 4) is 0 Å². The Bertz CT molecular complexity index is 846. The third kappa shape index (κ3) is 4.24. The van der Waals surface area contributed by atoms with E-state index in [0.29, 0.717) is 36.9 Å². The van der Waals surface area contributed by atoms with Crippen LogP contribution in [0, 0.1) is 0 Å². The van der Waals surface area contributed by atoms with Gasteiger partial charge in [-0.3, -0.25) is 4.79 Å². The molecule has 0 unspecified atom stereocenters. The van der Waals surface area contributed by atoms with Gasteiger partial charge in [0.2, 0.25) is 0 Å². The number of likely N-dealkylation sites (N-methyl/N-ethyl adjacent to an activating group) is 1. The molecule has 0 spiro atoms. The van der Waals surface area contributed by atoms with Gasteiger partial charge in [0.25, 0.3) is 15.9 Å². The summed E-state index contributed by atoms with van der Waals surface area (Å²) in [5, 5.41) is 1.78. The van der Waals surface area contributed by atoms with E-state index in [1.807, 2.05) is 44.2 Å². The van der Waals surface area contributed by atoms with Gasteiger partial charge >= 0.3 is 0 Å². The fraction of sp³-hybridized carbons (Fsp3) is 0.421. The van der Waals surface area contributed by atoms with E-state index in [2.05, 4.69) is 0 Å². The molecule has 1 aliphatic heterocycles. The maximum atomic E-state index is 13.0. The average molecular weight is 409 g/mol. The molecule has 27 heavy (non-hydrogen) atoms. The summed E-state index contributed by atoms with van der Waals surface area (Å²) in [5.41, 5.74) is 0.898. The van der Waals surface area contributed by atoms with Crippen LogP contribution in [-0.4, -0.2) is 57.4 Å².